The Kier molecular flexibility index (Phi) is 6.19. The second kappa shape index (κ2) is 8.59. The van der Waals surface area contributed by atoms with E-state index in [9.17, 15) is 4.79 Å². The van der Waals surface area contributed by atoms with Gasteiger partial charge in [0.05, 0.1) is 22.6 Å². The van der Waals surface area contributed by atoms with Crippen molar-refractivity contribution >= 4 is 29.0 Å². The zero-order valence-corrected chi connectivity index (χ0v) is 17.2. The van der Waals surface area contributed by atoms with Crippen LogP contribution in [0.5, 0.6) is 0 Å². The summed E-state index contributed by atoms with van der Waals surface area (Å²) < 4.78 is 2.70. The van der Waals surface area contributed by atoms with Gasteiger partial charge in [-0.15, -0.1) is 11.3 Å². The number of hydrogen-bond acceptors (Lipinski definition) is 3. The molecule has 0 fully saturated rings. The summed E-state index contributed by atoms with van der Waals surface area (Å²) in [5.41, 5.74) is 4.24. The number of hydrogen-bond donors (Lipinski definition) is 2. The summed E-state index contributed by atoms with van der Waals surface area (Å²) in [4.78, 5) is 13.3. The van der Waals surface area contributed by atoms with E-state index in [1.807, 2.05) is 55.8 Å². The van der Waals surface area contributed by atoms with Crippen molar-refractivity contribution in [2.45, 2.75) is 39.9 Å². The third-order valence-corrected chi connectivity index (χ3v) is 5.91. The van der Waals surface area contributed by atoms with E-state index in [1.165, 1.54) is 16.9 Å². The fourth-order valence-electron chi connectivity index (χ4n) is 2.95. The highest BCUT2D eigenvalue weighted by molar-refractivity contribution is 7.16. The van der Waals surface area contributed by atoms with Crippen molar-refractivity contribution in [3.8, 4) is 0 Å². The molecule has 142 valence electrons. The standard InChI is InChI=1S/C20H23ClN4OS/c1-13-17(15(3)25(24-13)12-16-7-5-4-6-8-16)11-22-20(26)23-14(2)18-9-10-19(21)27-18/h4-10,14H,11-12H2,1-3H3,(H2,22,23,26). The van der Waals surface area contributed by atoms with Crippen molar-refractivity contribution < 1.29 is 4.79 Å². The fraction of sp³-hybridized carbons (Fsp3) is 0.300. The van der Waals surface area contributed by atoms with Crippen molar-refractivity contribution in [3.63, 3.8) is 0 Å². The third-order valence-electron chi connectivity index (χ3n) is 4.50. The fourth-order valence-corrected chi connectivity index (χ4v) is 4.01. The lowest BCUT2D eigenvalue weighted by atomic mass is 10.2. The van der Waals surface area contributed by atoms with Crippen LogP contribution < -0.4 is 10.6 Å². The number of carbonyl (C=O) groups excluding carboxylic acids is 1. The number of nitrogens with zero attached hydrogens (tertiary/aromatic N) is 2. The number of nitrogens with one attached hydrogen (secondary N) is 2. The number of urea groups is 1. The minimum Gasteiger partial charge on any atom is -0.334 e. The van der Waals surface area contributed by atoms with Crippen molar-refractivity contribution in [2.24, 2.45) is 0 Å². The zero-order chi connectivity index (χ0) is 19.4. The number of benzene rings is 1. The molecule has 0 saturated heterocycles. The summed E-state index contributed by atoms with van der Waals surface area (Å²) in [6.45, 7) is 7.11. The predicted octanol–water partition coefficient (Wildman–Crippen LogP) is 4.82. The number of thiophene rings is 1. The Balaban J connectivity index is 1.60. The molecular formula is C20H23ClN4OS. The Morgan fingerprint density at radius 3 is 2.63 bits per heavy atom. The smallest absolute Gasteiger partial charge is 0.315 e. The van der Waals surface area contributed by atoms with Crippen LogP contribution in [0.4, 0.5) is 4.79 Å². The first-order valence-electron chi connectivity index (χ1n) is 8.80. The molecule has 27 heavy (non-hydrogen) atoms. The average Bonchev–Trinajstić information content (AvgIpc) is 3.18. The molecular weight excluding hydrogens is 380 g/mol. The van der Waals surface area contributed by atoms with Crippen LogP contribution in [0.2, 0.25) is 4.34 Å². The lowest BCUT2D eigenvalue weighted by Crippen LogP contribution is -2.36. The van der Waals surface area contributed by atoms with Crippen molar-refractivity contribution in [3.05, 3.63) is 74.2 Å². The molecule has 2 N–H and O–H groups in total. The first-order valence-corrected chi connectivity index (χ1v) is 10.00. The molecule has 1 aromatic carbocycles. The van der Waals surface area contributed by atoms with Gasteiger partial charge in [-0.05, 0) is 38.5 Å². The lowest BCUT2D eigenvalue weighted by Gasteiger charge is -2.13. The molecule has 2 amide bonds. The largest absolute Gasteiger partial charge is 0.334 e. The van der Waals surface area contributed by atoms with Crippen LogP contribution in [0.3, 0.4) is 0 Å². The molecule has 1 unspecified atom stereocenters. The Morgan fingerprint density at radius 1 is 1.22 bits per heavy atom. The SMILES string of the molecule is Cc1nn(Cc2ccccc2)c(C)c1CNC(=O)NC(C)c1ccc(Cl)s1. The van der Waals surface area contributed by atoms with Gasteiger partial charge in [-0.1, -0.05) is 41.9 Å². The molecule has 0 spiro atoms. The van der Waals surface area contributed by atoms with E-state index < -0.39 is 0 Å². The van der Waals surface area contributed by atoms with Gasteiger partial charge in [0.2, 0.25) is 0 Å². The number of carbonyl (C=O) groups is 1. The molecule has 0 aliphatic heterocycles. The molecule has 0 saturated carbocycles. The molecule has 5 nitrogen and oxygen atoms in total. The van der Waals surface area contributed by atoms with Crippen LogP contribution in [0, 0.1) is 13.8 Å². The first kappa shape index (κ1) is 19.5. The van der Waals surface area contributed by atoms with Crippen molar-refractivity contribution in [1.29, 1.82) is 0 Å². The highest BCUT2D eigenvalue weighted by atomic mass is 35.5. The van der Waals surface area contributed by atoms with Gasteiger partial charge in [0.15, 0.2) is 0 Å². The van der Waals surface area contributed by atoms with E-state index in [2.05, 4.69) is 27.9 Å². The molecule has 0 aliphatic rings. The number of aryl methyl sites for hydroxylation is 1. The predicted molar refractivity (Wildman–Crippen MR) is 110 cm³/mol. The summed E-state index contributed by atoms with van der Waals surface area (Å²) >= 11 is 7.43. The van der Waals surface area contributed by atoms with E-state index in [0.717, 1.165) is 32.7 Å². The number of rotatable bonds is 6. The topological polar surface area (TPSA) is 59.0 Å². The number of halogens is 1. The van der Waals surface area contributed by atoms with Gasteiger partial charge < -0.3 is 10.6 Å². The molecule has 0 bridgehead atoms. The molecule has 7 heteroatoms. The van der Waals surface area contributed by atoms with Gasteiger partial charge in [0.25, 0.3) is 0 Å². The van der Waals surface area contributed by atoms with Gasteiger partial charge >= 0.3 is 6.03 Å². The van der Waals surface area contributed by atoms with E-state index >= 15 is 0 Å². The number of amides is 2. The highest BCUT2D eigenvalue weighted by Gasteiger charge is 2.15. The zero-order valence-electron chi connectivity index (χ0n) is 15.6. The molecule has 0 aliphatic carbocycles. The maximum atomic E-state index is 12.2. The maximum absolute atomic E-state index is 12.2. The molecule has 2 heterocycles. The first-order chi connectivity index (χ1) is 12.9. The van der Waals surface area contributed by atoms with E-state index in [0.29, 0.717) is 6.54 Å². The molecule has 2 aromatic heterocycles. The van der Waals surface area contributed by atoms with Crippen LogP contribution >= 0.6 is 22.9 Å². The summed E-state index contributed by atoms with van der Waals surface area (Å²) in [7, 11) is 0. The molecule has 3 aromatic rings. The minimum absolute atomic E-state index is 0.0921. The summed E-state index contributed by atoms with van der Waals surface area (Å²) in [6, 6.07) is 13.7. The van der Waals surface area contributed by atoms with E-state index in [-0.39, 0.29) is 12.1 Å². The van der Waals surface area contributed by atoms with Crippen LogP contribution in [0.25, 0.3) is 0 Å². The summed E-state index contributed by atoms with van der Waals surface area (Å²) in [5, 5.41) is 10.5. The molecule has 3 rings (SSSR count). The summed E-state index contributed by atoms with van der Waals surface area (Å²) in [6.07, 6.45) is 0. The van der Waals surface area contributed by atoms with Crippen molar-refractivity contribution in [2.75, 3.05) is 0 Å². The summed E-state index contributed by atoms with van der Waals surface area (Å²) in [5.74, 6) is 0. The maximum Gasteiger partial charge on any atom is 0.315 e. The highest BCUT2D eigenvalue weighted by Crippen LogP contribution is 2.26. The Hall–Kier alpha value is -2.31. The Labute approximate surface area is 168 Å². The van der Waals surface area contributed by atoms with Crippen LogP contribution in [0.15, 0.2) is 42.5 Å². The average molecular weight is 403 g/mol. The quantitative estimate of drug-likeness (QED) is 0.620. The Morgan fingerprint density at radius 2 is 1.96 bits per heavy atom. The Bertz CT molecular complexity index is 919. The van der Waals surface area contributed by atoms with Gasteiger partial charge in [0.1, 0.15) is 0 Å². The normalized spacial score (nSPS) is 12.0. The monoisotopic (exact) mass is 402 g/mol. The van der Waals surface area contributed by atoms with Crippen molar-refractivity contribution in [1.82, 2.24) is 20.4 Å². The van der Waals surface area contributed by atoms with Gasteiger partial charge in [-0.3, -0.25) is 4.68 Å². The van der Waals surface area contributed by atoms with Crippen LogP contribution in [-0.4, -0.2) is 15.8 Å². The van der Waals surface area contributed by atoms with Crippen LogP contribution in [0.1, 0.15) is 40.4 Å². The minimum atomic E-state index is -0.207. The number of aromatic nitrogens is 2. The van der Waals surface area contributed by atoms with Gasteiger partial charge in [-0.2, -0.15) is 5.10 Å². The third kappa shape index (κ3) is 4.90. The molecule has 0 radical (unpaired) electrons. The van der Waals surface area contributed by atoms with Gasteiger partial charge in [-0.25, -0.2) is 4.79 Å². The van der Waals surface area contributed by atoms with Crippen LogP contribution in [-0.2, 0) is 13.1 Å². The molecule has 1 atom stereocenters. The van der Waals surface area contributed by atoms with Gasteiger partial charge in [0, 0.05) is 22.7 Å². The second-order valence-corrected chi connectivity index (χ2v) is 8.23. The van der Waals surface area contributed by atoms with E-state index in [4.69, 9.17) is 11.6 Å². The van der Waals surface area contributed by atoms with E-state index in [1.54, 1.807) is 0 Å². The second-order valence-electron chi connectivity index (χ2n) is 6.48. The lowest BCUT2D eigenvalue weighted by molar-refractivity contribution is 0.237.